The van der Waals surface area contributed by atoms with E-state index in [1.54, 1.807) is 24.3 Å². The molecule has 0 unspecified atom stereocenters. The molecule has 5 nitrogen and oxygen atoms in total. The highest BCUT2D eigenvalue weighted by Gasteiger charge is 2.33. The molecule has 5 heteroatoms. The van der Waals surface area contributed by atoms with Crippen LogP contribution in [0.4, 0.5) is 5.69 Å². The zero-order valence-electron chi connectivity index (χ0n) is 11.9. The summed E-state index contributed by atoms with van der Waals surface area (Å²) in [4.78, 5) is 23.5. The number of hydrogen-bond acceptors (Lipinski definition) is 3. The Labute approximate surface area is 123 Å². The number of carboxylic acid groups (broad SMARTS) is 1. The van der Waals surface area contributed by atoms with Crippen LogP contribution in [0.3, 0.4) is 0 Å². The van der Waals surface area contributed by atoms with E-state index >= 15 is 0 Å². The molecular formula is C16H19NO4. The quantitative estimate of drug-likeness (QED) is 0.817. The van der Waals surface area contributed by atoms with Gasteiger partial charge in [-0.05, 0) is 44.0 Å². The summed E-state index contributed by atoms with van der Waals surface area (Å²) in [6.45, 7) is 2.48. The molecule has 1 aliphatic carbocycles. The van der Waals surface area contributed by atoms with Crippen molar-refractivity contribution in [2.45, 2.75) is 19.8 Å². The van der Waals surface area contributed by atoms with Crippen LogP contribution in [0.1, 0.15) is 19.8 Å². The summed E-state index contributed by atoms with van der Waals surface area (Å²) in [6, 6.07) is 7.04. The van der Waals surface area contributed by atoms with Crippen LogP contribution in [0.5, 0.6) is 5.75 Å². The first-order valence-electron chi connectivity index (χ1n) is 7.03. The van der Waals surface area contributed by atoms with Crippen LogP contribution in [-0.2, 0) is 9.59 Å². The monoisotopic (exact) mass is 289 g/mol. The van der Waals surface area contributed by atoms with Crippen LogP contribution < -0.4 is 10.1 Å². The fraction of sp³-hybridized carbons (Fsp3) is 0.375. The Morgan fingerprint density at radius 2 is 1.81 bits per heavy atom. The van der Waals surface area contributed by atoms with Crippen LogP contribution >= 0.6 is 0 Å². The molecular weight excluding hydrogens is 270 g/mol. The molecule has 2 atom stereocenters. The summed E-state index contributed by atoms with van der Waals surface area (Å²) in [6.07, 6.45) is 4.54. The second-order valence-corrected chi connectivity index (χ2v) is 4.94. The second-order valence-electron chi connectivity index (χ2n) is 4.94. The predicted molar refractivity (Wildman–Crippen MR) is 79.2 cm³/mol. The number of hydrogen-bond donors (Lipinski definition) is 2. The van der Waals surface area contributed by atoms with Crippen LogP contribution in [0.15, 0.2) is 36.4 Å². The van der Waals surface area contributed by atoms with Crippen molar-refractivity contribution >= 4 is 17.6 Å². The number of allylic oxidation sites excluding steroid dienone is 2. The minimum Gasteiger partial charge on any atom is -0.494 e. The topological polar surface area (TPSA) is 75.6 Å². The van der Waals surface area contributed by atoms with Gasteiger partial charge >= 0.3 is 5.97 Å². The smallest absolute Gasteiger partial charge is 0.307 e. The van der Waals surface area contributed by atoms with E-state index in [0.717, 1.165) is 5.75 Å². The Kier molecular flexibility index (Phi) is 4.98. The number of ether oxygens (including phenoxy) is 1. The summed E-state index contributed by atoms with van der Waals surface area (Å²) in [5, 5.41) is 12.0. The zero-order valence-corrected chi connectivity index (χ0v) is 11.9. The number of carbonyl (C=O) groups is 2. The van der Waals surface area contributed by atoms with Crippen molar-refractivity contribution in [3.8, 4) is 5.75 Å². The van der Waals surface area contributed by atoms with Crippen molar-refractivity contribution in [3.63, 3.8) is 0 Å². The van der Waals surface area contributed by atoms with Gasteiger partial charge in [0.2, 0.25) is 5.91 Å². The van der Waals surface area contributed by atoms with Crippen LogP contribution in [0, 0.1) is 11.8 Å². The lowest BCUT2D eigenvalue weighted by atomic mass is 9.82. The van der Waals surface area contributed by atoms with Gasteiger partial charge in [0.15, 0.2) is 0 Å². The molecule has 0 aromatic heterocycles. The molecule has 1 amide bonds. The SMILES string of the molecule is CCOc1ccc(NC(=O)[C@H]2CC=CC[C@@H]2C(=O)O)cc1. The number of benzene rings is 1. The molecule has 0 spiro atoms. The molecule has 21 heavy (non-hydrogen) atoms. The highest BCUT2D eigenvalue weighted by atomic mass is 16.5. The van der Waals surface area contributed by atoms with Gasteiger partial charge in [-0.3, -0.25) is 9.59 Å². The van der Waals surface area contributed by atoms with E-state index in [1.165, 1.54) is 0 Å². The van der Waals surface area contributed by atoms with Crippen LogP contribution in [0.2, 0.25) is 0 Å². The maximum absolute atomic E-state index is 12.3. The summed E-state index contributed by atoms with van der Waals surface area (Å²) >= 11 is 0. The normalized spacial score (nSPS) is 20.8. The molecule has 0 fully saturated rings. The zero-order chi connectivity index (χ0) is 15.2. The standard InChI is InChI=1S/C16H19NO4/c1-2-21-12-9-7-11(8-10-12)17-15(18)13-5-3-4-6-14(13)16(19)20/h3-4,7-10,13-14H,2,5-6H2,1H3,(H,17,18)(H,19,20)/t13-,14-/m0/s1. The molecule has 0 saturated heterocycles. The third-order valence-electron chi connectivity index (χ3n) is 3.52. The molecule has 0 aliphatic heterocycles. The molecule has 1 aliphatic rings. The lowest BCUT2D eigenvalue weighted by Gasteiger charge is -2.24. The van der Waals surface area contributed by atoms with E-state index < -0.39 is 17.8 Å². The van der Waals surface area contributed by atoms with E-state index in [0.29, 0.717) is 25.1 Å². The van der Waals surface area contributed by atoms with E-state index in [2.05, 4.69) is 5.32 Å². The molecule has 2 rings (SSSR count). The molecule has 0 bridgehead atoms. The van der Waals surface area contributed by atoms with Gasteiger partial charge in [-0.15, -0.1) is 0 Å². The number of amides is 1. The van der Waals surface area contributed by atoms with Gasteiger partial charge in [0.05, 0.1) is 18.4 Å². The van der Waals surface area contributed by atoms with E-state index in [1.807, 2.05) is 19.1 Å². The van der Waals surface area contributed by atoms with Gasteiger partial charge < -0.3 is 15.2 Å². The minimum absolute atomic E-state index is 0.254. The lowest BCUT2D eigenvalue weighted by Crippen LogP contribution is -2.34. The van der Waals surface area contributed by atoms with Crippen molar-refractivity contribution in [2.75, 3.05) is 11.9 Å². The third kappa shape index (κ3) is 3.84. The molecule has 1 aromatic carbocycles. The van der Waals surface area contributed by atoms with E-state index in [9.17, 15) is 14.7 Å². The molecule has 112 valence electrons. The van der Waals surface area contributed by atoms with Gasteiger partial charge in [0, 0.05) is 5.69 Å². The van der Waals surface area contributed by atoms with Crippen molar-refractivity contribution in [1.29, 1.82) is 0 Å². The van der Waals surface area contributed by atoms with Crippen LogP contribution in [0.25, 0.3) is 0 Å². The Balaban J connectivity index is 2.02. The Hall–Kier alpha value is -2.30. The first-order valence-corrected chi connectivity index (χ1v) is 7.03. The van der Waals surface area contributed by atoms with Gasteiger partial charge in [0.25, 0.3) is 0 Å². The van der Waals surface area contributed by atoms with Gasteiger partial charge in [-0.2, -0.15) is 0 Å². The fourth-order valence-electron chi connectivity index (χ4n) is 2.41. The van der Waals surface area contributed by atoms with E-state index in [-0.39, 0.29) is 5.91 Å². The highest BCUT2D eigenvalue weighted by Crippen LogP contribution is 2.27. The maximum atomic E-state index is 12.3. The minimum atomic E-state index is -0.925. The van der Waals surface area contributed by atoms with Gasteiger partial charge in [-0.25, -0.2) is 0 Å². The molecule has 2 N–H and O–H groups in total. The summed E-state index contributed by atoms with van der Waals surface area (Å²) in [7, 11) is 0. The van der Waals surface area contributed by atoms with Crippen LogP contribution in [-0.4, -0.2) is 23.6 Å². The number of rotatable bonds is 5. The Morgan fingerprint density at radius 3 is 2.38 bits per heavy atom. The van der Waals surface area contributed by atoms with Crippen molar-refractivity contribution < 1.29 is 19.4 Å². The number of nitrogens with one attached hydrogen (secondary N) is 1. The first-order chi connectivity index (χ1) is 10.1. The summed E-state index contributed by atoms with van der Waals surface area (Å²) < 4.78 is 5.33. The number of anilines is 1. The second kappa shape index (κ2) is 6.92. The third-order valence-corrected chi connectivity index (χ3v) is 3.52. The van der Waals surface area contributed by atoms with Crippen molar-refractivity contribution in [2.24, 2.45) is 11.8 Å². The molecule has 1 aromatic rings. The number of carboxylic acids is 1. The van der Waals surface area contributed by atoms with Gasteiger partial charge in [-0.1, -0.05) is 12.2 Å². The molecule has 0 heterocycles. The average Bonchev–Trinajstić information content (AvgIpc) is 2.49. The predicted octanol–water partition coefficient (Wildman–Crippen LogP) is 2.69. The van der Waals surface area contributed by atoms with Gasteiger partial charge in [0.1, 0.15) is 5.75 Å². The summed E-state index contributed by atoms with van der Waals surface area (Å²) in [5.41, 5.74) is 0.641. The number of carbonyl (C=O) groups excluding carboxylic acids is 1. The highest BCUT2D eigenvalue weighted by molar-refractivity contribution is 5.95. The maximum Gasteiger partial charge on any atom is 0.307 e. The van der Waals surface area contributed by atoms with E-state index in [4.69, 9.17) is 4.74 Å². The average molecular weight is 289 g/mol. The first kappa shape index (κ1) is 15.1. The largest absolute Gasteiger partial charge is 0.494 e. The fourth-order valence-corrected chi connectivity index (χ4v) is 2.41. The van der Waals surface area contributed by atoms with Crippen molar-refractivity contribution in [3.05, 3.63) is 36.4 Å². The Bertz CT molecular complexity index is 536. The Morgan fingerprint density at radius 1 is 1.19 bits per heavy atom. The molecule has 0 radical (unpaired) electrons. The molecule has 0 saturated carbocycles. The number of aliphatic carboxylic acids is 1. The lowest BCUT2D eigenvalue weighted by molar-refractivity contribution is -0.146. The summed E-state index contributed by atoms with van der Waals surface area (Å²) in [5.74, 6) is -1.63. The van der Waals surface area contributed by atoms with Crippen molar-refractivity contribution in [1.82, 2.24) is 0 Å².